The molecule has 0 aliphatic carbocycles. The highest BCUT2D eigenvalue weighted by atomic mass is 35.5. The SMILES string of the molecule is CN(C)CCNc1ccnc(C(=O)Nc2ccc(Cl)c(C(F)(F)F)c2)c1. The smallest absolute Gasteiger partial charge is 0.384 e. The molecule has 1 aromatic heterocycles. The summed E-state index contributed by atoms with van der Waals surface area (Å²) >= 11 is 5.57. The van der Waals surface area contributed by atoms with E-state index in [-0.39, 0.29) is 11.4 Å². The van der Waals surface area contributed by atoms with E-state index >= 15 is 0 Å². The number of amides is 1. The summed E-state index contributed by atoms with van der Waals surface area (Å²) in [4.78, 5) is 18.2. The van der Waals surface area contributed by atoms with Crippen LogP contribution in [0.1, 0.15) is 16.1 Å². The van der Waals surface area contributed by atoms with Crippen molar-refractivity contribution in [3.05, 3.63) is 52.8 Å². The Morgan fingerprint density at radius 3 is 2.58 bits per heavy atom. The molecule has 1 amide bonds. The van der Waals surface area contributed by atoms with Crippen LogP contribution in [-0.2, 0) is 6.18 Å². The van der Waals surface area contributed by atoms with E-state index in [0.29, 0.717) is 12.2 Å². The number of pyridine rings is 1. The highest BCUT2D eigenvalue weighted by Gasteiger charge is 2.33. The average molecular weight is 387 g/mol. The third kappa shape index (κ3) is 5.60. The molecule has 0 fully saturated rings. The second kappa shape index (κ2) is 8.37. The van der Waals surface area contributed by atoms with Crippen LogP contribution in [0, 0.1) is 0 Å². The lowest BCUT2D eigenvalue weighted by Crippen LogP contribution is -2.21. The van der Waals surface area contributed by atoms with Crippen LogP contribution < -0.4 is 10.6 Å². The number of hydrogen-bond acceptors (Lipinski definition) is 4. The van der Waals surface area contributed by atoms with Gasteiger partial charge in [0.05, 0.1) is 10.6 Å². The van der Waals surface area contributed by atoms with Gasteiger partial charge in [-0.15, -0.1) is 0 Å². The number of likely N-dealkylation sites (N-methyl/N-ethyl adjacent to an activating group) is 1. The zero-order chi connectivity index (χ0) is 19.3. The highest BCUT2D eigenvalue weighted by Crippen LogP contribution is 2.36. The summed E-state index contributed by atoms with van der Waals surface area (Å²) in [6.45, 7) is 1.47. The molecule has 2 rings (SSSR count). The van der Waals surface area contributed by atoms with Gasteiger partial charge in [-0.1, -0.05) is 11.6 Å². The molecule has 5 nitrogen and oxygen atoms in total. The molecule has 0 saturated carbocycles. The predicted molar refractivity (Wildman–Crippen MR) is 95.7 cm³/mol. The maximum absolute atomic E-state index is 12.9. The second-order valence-corrected chi connectivity index (χ2v) is 6.21. The highest BCUT2D eigenvalue weighted by molar-refractivity contribution is 6.31. The Labute approximate surface area is 154 Å². The van der Waals surface area contributed by atoms with E-state index < -0.39 is 22.7 Å². The van der Waals surface area contributed by atoms with Gasteiger partial charge in [0.2, 0.25) is 0 Å². The fraction of sp³-hybridized carbons (Fsp3) is 0.294. The molecule has 0 atom stereocenters. The Balaban J connectivity index is 2.10. The normalized spacial score (nSPS) is 11.5. The number of halogens is 4. The van der Waals surface area contributed by atoms with E-state index in [0.717, 1.165) is 18.7 Å². The van der Waals surface area contributed by atoms with E-state index in [4.69, 9.17) is 11.6 Å². The van der Waals surface area contributed by atoms with Crippen molar-refractivity contribution in [2.75, 3.05) is 37.8 Å². The molecule has 140 valence electrons. The molecular weight excluding hydrogens is 369 g/mol. The maximum Gasteiger partial charge on any atom is 0.417 e. The first-order valence-corrected chi connectivity index (χ1v) is 8.07. The van der Waals surface area contributed by atoms with Gasteiger partial charge in [0.25, 0.3) is 5.91 Å². The summed E-state index contributed by atoms with van der Waals surface area (Å²) in [5, 5.41) is 5.12. The molecule has 1 heterocycles. The maximum atomic E-state index is 12.9. The van der Waals surface area contributed by atoms with Crippen molar-refractivity contribution in [1.82, 2.24) is 9.88 Å². The number of anilines is 2. The van der Waals surface area contributed by atoms with Crippen LogP contribution in [-0.4, -0.2) is 43.0 Å². The molecule has 2 N–H and O–H groups in total. The number of carbonyl (C=O) groups is 1. The Morgan fingerprint density at radius 1 is 1.19 bits per heavy atom. The predicted octanol–water partition coefficient (Wildman–Crippen LogP) is 3.98. The molecule has 9 heteroatoms. The van der Waals surface area contributed by atoms with Gasteiger partial charge in [-0.2, -0.15) is 13.2 Å². The lowest BCUT2D eigenvalue weighted by Gasteiger charge is -2.13. The van der Waals surface area contributed by atoms with Crippen molar-refractivity contribution in [3.8, 4) is 0 Å². The molecule has 0 aliphatic rings. The number of nitrogens with one attached hydrogen (secondary N) is 2. The Hall–Kier alpha value is -2.32. The summed E-state index contributed by atoms with van der Waals surface area (Å²) in [6.07, 6.45) is -3.15. The summed E-state index contributed by atoms with van der Waals surface area (Å²) in [5.74, 6) is -0.614. The van der Waals surface area contributed by atoms with Gasteiger partial charge in [-0.3, -0.25) is 9.78 Å². The number of alkyl halides is 3. The summed E-state index contributed by atoms with van der Waals surface area (Å²) < 4.78 is 38.7. The van der Waals surface area contributed by atoms with Gasteiger partial charge in [0.1, 0.15) is 5.69 Å². The molecule has 0 spiro atoms. The monoisotopic (exact) mass is 386 g/mol. The first kappa shape index (κ1) is 20.0. The van der Waals surface area contributed by atoms with Gasteiger partial charge >= 0.3 is 6.18 Å². The number of carbonyl (C=O) groups excluding carboxylic acids is 1. The largest absolute Gasteiger partial charge is 0.417 e. The molecule has 0 bridgehead atoms. The third-order valence-electron chi connectivity index (χ3n) is 3.41. The fourth-order valence-electron chi connectivity index (χ4n) is 2.10. The topological polar surface area (TPSA) is 57.3 Å². The molecule has 0 radical (unpaired) electrons. The fourth-order valence-corrected chi connectivity index (χ4v) is 2.33. The molecule has 1 aromatic carbocycles. The first-order chi connectivity index (χ1) is 12.2. The van der Waals surface area contributed by atoms with Crippen LogP contribution >= 0.6 is 11.6 Å². The lowest BCUT2D eigenvalue weighted by atomic mass is 10.2. The van der Waals surface area contributed by atoms with E-state index in [9.17, 15) is 18.0 Å². The molecule has 0 unspecified atom stereocenters. The van der Waals surface area contributed by atoms with Gasteiger partial charge in [-0.05, 0) is 44.4 Å². The van der Waals surface area contributed by atoms with Gasteiger partial charge in [0, 0.05) is 30.7 Å². The number of rotatable bonds is 6. The zero-order valence-electron chi connectivity index (χ0n) is 14.2. The number of aromatic nitrogens is 1. The lowest BCUT2D eigenvalue weighted by molar-refractivity contribution is -0.137. The van der Waals surface area contributed by atoms with E-state index in [1.807, 2.05) is 19.0 Å². The Bertz CT molecular complexity index is 781. The summed E-state index contributed by atoms with van der Waals surface area (Å²) in [5.41, 5.74) is -0.244. The quantitative estimate of drug-likeness (QED) is 0.788. The zero-order valence-corrected chi connectivity index (χ0v) is 14.9. The van der Waals surface area contributed by atoms with Gasteiger partial charge < -0.3 is 15.5 Å². The Kier molecular flexibility index (Phi) is 6.44. The third-order valence-corrected chi connectivity index (χ3v) is 3.74. The van der Waals surface area contributed by atoms with Gasteiger partial charge in [-0.25, -0.2) is 0 Å². The van der Waals surface area contributed by atoms with Crippen molar-refractivity contribution in [1.29, 1.82) is 0 Å². The first-order valence-electron chi connectivity index (χ1n) is 7.69. The average Bonchev–Trinajstić information content (AvgIpc) is 2.55. The van der Waals surface area contributed by atoms with Crippen LogP contribution in [0.2, 0.25) is 5.02 Å². The summed E-state index contributed by atoms with van der Waals surface area (Å²) in [7, 11) is 3.88. The minimum Gasteiger partial charge on any atom is -0.384 e. The van der Waals surface area contributed by atoms with E-state index in [2.05, 4.69) is 15.6 Å². The number of hydrogen-bond donors (Lipinski definition) is 2. The van der Waals surface area contributed by atoms with Crippen molar-refractivity contribution in [2.45, 2.75) is 6.18 Å². The van der Waals surface area contributed by atoms with E-state index in [1.165, 1.54) is 18.3 Å². The number of benzene rings is 1. The van der Waals surface area contributed by atoms with Crippen molar-refractivity contribution < 1.29 is 18.0 Å². The Morgan fingerprint density at radius 2 is 1.92 bits per heavy atom. The van der Waals surface area contributed by atoms with Crippen LogP contribution in [0.15, 0.2) is 36.5 Å². The molecule has 0 saturated heterocycles. The van der Waals surface area contributed by atoms with Crippen LogP contribution in [0.4, 0.5) is 24.5 Å². The van der Waals surface area contributed by atoms with Crippen LogP contribution in [0.25, 0.3) is 0 Å². The van der Waals surface area contributed by atoms with Crippen molar-refractivity contribution in [3.63, 3.8) is 0 Å². The van der Waals surface area contributed by atoms with Crippen LogP contribution in [0.5, 0.6) is 0 Å². The minimum atomic E-state index is -4.60. The molecule has 26 heavy (non-hydrogen) atoms. The van der Waals surface area contributed by atoms with Crippen LogP contribution in [0.3, 0.4) is 0 Å². The van der Waals surface area contributed by atoms with Crippen molar-refractivity contribution in [2.24, 2.45) is 0 Å². The molecule has 2 aromatic rings. The summed E-state index contributed by atoms with van der Waals surface area (Å²) in [6, 6.07) is 6.42. The van der Waals surface area contributed by atoms with Gasteiger partial charge in [0.15, 0.2) is 0 Å². The number of nitrogens with zero attached hydrogens (tertiary/aromatic N) is 2. The molecular formula is C17H18ClF3N4O. The second-order valence-electron chi connectivity index (χ2n) is 5.81. The van der Waals surface area contributed by atoms with Crippen molar-refractivity contribution >= 4 is 28.9 Å². The molecule has 0 aliphatic heterocycles. The van der Waals surface area contributed by atoms with E-state index in [1.54, 1.807) is 6.07 Å². The minimum absolute atomic E-state index is 0.0144. The standard InChI is InChI=1S/C17H18ClF3N4O/c1-25(2)8-7-22-11-5-6-23-15(10-11)16(26)24-12-3-4-14(18)13(9-12)17(19,20)21/h3-6,9-10H,7-8H2,1-2H3,(H,22,23)(H,24,26).